The Bertz CT molecular complexity index is 588. The van der Waals surface area contributed by atoms with Crippen LogP contribution in [0.1, 0.15) is 24.6 Å². The first kappa shape index (κ1) is 16.3. The minimum atomic E-state index is -0.513. The topological polar surface area (TPSA) is 61.4 Å². The van der Waals surface area contributed by atoms with E-state index < -0.39 is 6.10 Å². The zero-order valence-corrected chi connectivity index (χ0v) is 13.7. The molecule has 0 saturated carbocycles. The Labute approximate surface area is 141 Å². The molecule has 0 bridgehead atoms. The molecule has 1 aliphatic rings. The lowest BCUT2D eigenvalue weighted by molar-refractivity contribution is 0.0578. The number of likely N-dealkylation sites (tertiary alicyclic amines) is 1. The number of aliphatic hydroxyl groups is 1. The number of imidazole rings is 1. The third kappa shape index (κ3) is 4.70. The first-order valence-corrected chi connectivity index (χ1v) is 8.36. The van der Waals surface area contributed by atoms with Crippen LogP contribution < -0.4 is 4.74 Å². The van der Waals surface area contributed by atoms with Gasteiger partial charge in [0.1, 0.15) is 24.3 Å². The molecule has 0 aliphatic carbocycles. The molecule has 124 valence electrons. The molecule has 1 saturated heterocycles. The van der Waals surface area contributed by atoms with E-state index in [9.17, 15) is 5.11 Å². The van der Waals surface area contributed by atoms with Gasteiger partial charge in [0.25, 0.3) is 0 Å². The molecule has 1 fully saturated rings. The summed E-state index contributed by atoms with van der Waals surface area (Å²) in [5, 5.41) is 10.9. The first-order chi connectivity index (χ1) is 11.2. The number of ether oxygens (including phenoxy) is 1. The summed E-state index contributed by atoms with van der Waals surface area (Å²) in [6.07, 6.45) is 5.41. The second-order valence-corrected chi connectivity index (χ2v) is 6.43. The lowest BCUT2D eigenvalue weighted by Gasteiger charge is -2.33. The number of piperidine rings is 1. The van der Waals surface area contributed by atoms with E-state index >= 15 is 0 Å². The number of benzene rings is 1. The molecule has 5 nitrogen and oxygen atoms in total. The third-order valence-corrected chi connectivity index (χ3v) is 4.39. The standard InChI is InChI=1S/C17H22ClN3O2/c18-14-3-5-16(6-4-14)23-12-15(22)11-21-9-1-2-13(10-21)17-19-7-8-20-17/h3-8,13,15,22H,1-2,9-12H2,(H,19,20). The summed E-state index contributed by atoms with van der Waals surface area (Å²) in [6, 6.07) is 7.18. The molecule has 0 amide bonds. The van der Waals surface area contributed by atoms with Crippen molar-refractivity contribution in [2.75, 3.05) is 26.2 Å². The molecule has 2 unspecified atom stereocenters. The highest BCUT2D eigenvalue weighted by atomic mass is 35.5. The largest absolute Gasteiger partial charge is 0.491 e. The summed E-state index contributed by atoms with van der Waals surface area (Å²) in [6.45, 7) is 2.83. The normalized spacial score (nSPS) is 20.3. The highest BCUT2D eigenvalue weighted by Gasteiger charge is 2.24. The maximum absolute atomic E-state index is 10.2. The second kappa shape index (κ2) is 7.81. The molecule has 0 spiro atoms. The highest BCUT2D eigenvalue weighted by molar-refractivity contribution is 6.30. The SMILES string of the molecule is OC(COc1ccc(Cl)cc1)CN1CCCC(c2ncc[nH]2)C1. The van der Waals surface area contributed by atoms with Crippen LogP contribution in [0, 0.1) is 0 Å². The molecule has 0 radical (unpaired) electrons. The summed E-state index contributed by atoms with van der Waals surface area (Å²) in [4.78, 5) is 9.84. The fourth-order valence-corrected chi connectivity index (χ4v) is 3.15. The molecule has 1 aromatic carbocycles. The second-order valence-electron chi connectivity index (χ2n) is 5.99. The Kier molecular flexibility index (Phi) is 5.54. The Morgan fingerprint density at radius 3 is 2.96 bits per heavy atom. The van der Waals surface area contributed by atoms with Crippen molar-refractivity contribution in [3.05, 3.63) is 47.5 Å². The van der Waals surface area contributed by atoms with E-state index in [0.29, 0.717) is 17.5 Å². The van der Waals surface area contributed by atoms with E-state index in [1.165, 1.54) is 0 Å². The molecule has 6 heteroatoms. The lowest BCUT2D eigenvalue weighted by atomic mass is 9.97. The van der Waals surface area contributed by atoms with Crippen LogP contribution >= 0.6 is 11.6 Å². The van der Waals surface area contributed by atoms with Crippen LogP contribution in [0.25, 0.3) is 0 Å². The number of rotatable bonds is 6. The summed E-state index contributed by atoms with van der Waals surface area (Å²) < 4.78 is 5.61. The number of hydrogen-bond donors (Lipinski definition) is 2. The summed E-state index contributed by atoms with van der Waals surface area (Å²) in [5.41, 5.74) is 0. The van der Waals surface area contributed by atoms with Crippen LogP contribution in [0.5, 0.6) is 5.75 Å². The van der Waals surface area contributed by atoms with Gasteiger partial charge < -0.3 is 14.8 Å². The Morgan fingerprint density at radius 1 is 1.39 bits per heavy atom. The monoisotopic (exact) mass is 335 g/mol. The van der Waals surface area contributed by atoms with Crippen molar-refractivity contribution in [1.82, 2.24) is 14.9 Å². The van der Waals surface area contributed by atoms with Gasteiger partial charge in [0.05, 0.1) is 0 Å². The van der Waals surface area contributed by atoms with Crippen molar-refractivity contribution in [1.29, 1.82) is 0 Å². The predicted octanol–water partition coefficient (Wildman–Crippen LogP) is 2.68. The number of β-amino-alcohol motifs (C(OH)–C–C–N with tert-alkyl or cyclic N) is 1. The molecule has 2 heterocycles. The zero-order chi connectivity index (χ0) is 16.1. The highest BCUT2D eigenvalue weighted by Crippen LogP contribution is 2.24. The van der Waals surface area contributed by atoms with Gasteiger partial charge in [-0.2, -0.15) is 0 Å². The van der Waals surface area contributed by atoms with Gasteiger partial charge in [0, 0.05) is 36.4 Å². The molecule has 2 aromatic rings. The van der Waals surface area contributed by atoms with E-state index in [4.69, 9.17) is 16.3 Å². The van der Waals surface area contributed by atoms with Crippen LogP contribution in [0.3, 0.4) is 0 Å². The van der Waals surface area contributed by atoms with Crippen LogP contribution in [0.15, 0.2) is 36.7 Å². The molecular weight excluding hydrogens is 314 g/mol. The summed E-state index contributed by atoms with van der Waals surface area (Å²) in [7, 11) is 0. The van der Waals surface area contributed by atoms with E-state index in [1.807, 2.05) is 18.3 Å². The van der Waals surface area contributed by atoms with Crippen molar-refractivity contribution in [2.24, 2.45) is 0 Å². The third-order valence-electron chi connectivity index (χ3n) is 4.14. The average Bonchev–Trinajstić information content (AvgIpc) is 3.09. The number of halogens is 1. The maximum Gasteiger partial charge on any atom is 0.119 e. The minimum Gasteiger partial charge on any atom is -0.491 e. The van der Waals surface area contributed by atoms with Gasteiger partial charge in [-0.05, 0) is 43.7 Å². The first-order valence-electron chi connectivity index (χ1n) is 7.99. The molecule has 1 aliphatic heterocycles. The average molecular weight is 336 g/mol. The molecular formula is C17H22ClN3O2. The number of nitrogens with zero attached hydrogens (tertiary/aromatic N) is 2. The predicted molar refractivity (Wildman–Crippen MR) is 90.0 cm³/mol. The van der Waals surface area contributed by atoms with Gasteiger partial charge in [-0.1, -0.05) is 11.6 Å². The maximum atomic E-state index is 10.2. The lowest BCUT2D eigenvalue weighted by Crippen LogP contribution is -2.41. The van der Waals surface area contributed by atoms with Gasteiger partial charge in [-0.3, -0.25) is 4.90 Å². The Balaban J connectivity index is 1.45. The van der Waals surface area contributed by atoms with E-state index in [0.717, 1.165) is 37.5 Å². The molecule has 23 heavy (non-hydrogen) atoms. The van der Waals surface area contributed by atoms with Gasteiger partial charge in [0.2, 0.25) is 0 Å². The van der Waals surface area contributed by atoms with Crippen LogP contribution in [0.4, 0.5) is 0 Å². The zero-order valence-electron chi connectivity index (χ0n) is 13.0. The smallest absolute Gasteiger partial charge is 0.119 e. The van der Waals surface area contributed by atoms with Crippen LogP contribution in [0.2, 0.25) is 5.02 Å². The molecule has 3 rings (SSSR count). The number of aliphatic hydroxyl groups excluding tert-OH is 1. The van der Waals surface area contributed by atoms with E-state index in [1.54, 1.807) is 18.3 Å². The van der Waals surface area contributed by atoms with Gasteiger partial charge in [0.15, 0.2) is 0 Å². The van der Waals surface area contributed by atoms with Crippen molar-refractivity contribution < 1.29 is 9.84 Å². The molecule has 2 atom stereocenters. The van der Waals surface area contributed by atoms with E-state index in [-0.39, 0.29) is 6.61 Å². The summed E-state index contributed by atoms with van der Waals surface area (Å²) in [5.74, 6) is 2.19. The van der Waals surface area contributed by atoms with Gasteiger partial charge in [-0.15, -0.1) is 0 Å². The number of aromatic amines is 1. The summed E-state index contributed by atoms with van der Waals surface area (Å²) >= 11 is 5.84. The number of hydrogen-bond acceptors (Lipinski definition) is 4. The fraction of sp³-hybridized carbons (Fsp3) is 0.471. The minimum absolute atomic E-state index is 0.281. The fourth-order valence-electron chi connectivity index (χ4n) is 3.02. The van der Waals surface area contributed by atoms with Crippen molar-refractivity contribution in [2.45, 2.75) is 24.9 Å². The van der Waals surface area contributed by atoms with Gasteiger partial charge >= 0.3 is 0 Å². The van der Waals surface area contributed by atoms with Crippen LogP contribution in [-0.2, 0) is 0 Å². The Hall–Kier alpha value is -1.56. The van der Waals surface area contributed by atoms with E-state index in [2.05, 4.69) is 14.9 Å². The quantitative estimate of drug-likeness (QED) is 0.852. The molecule has 2 N–H and O–H groups in total. The van der Waals surface area contributed by atoms with Gasteiger partial charge in [-0.25, -0.2) is 4.98 Å². The molecule has 1 aromatic heterocycles. The van der Waals surface area contributed by atoms with Crippen molar-refractivity contribution in [3.8, 4) is 5.75 Å². The van der Waals surface area contributed by atoms with Crippen LogP contribution in [-0.4, -0.2) is 52.3 Å². The number of H-pyrrole nitrogens is 1. The van der Waals surface area contributed by atoms with Crippen molar-refractivity contribution in [3.63, 3.8) is 0 Å². The number of aromatic nitrogens is 2. The van der Waals surface area contributed by atoms with Crippen molar-refractivity contribution >= 4 is 11.6 Å². The Morgan fingerprint density at radius 2 is 2.22 bits per heavy atom. The number of nitrogens with one attached hydrogen (secondary N) is 1.